The maximum Gasteiger partial charge on any atom is 0.323 e. The van der Waals surface area contributed by atoms with Crippen molar-refractivity contribution in [2.24, 2.45) is 5.92 Å². The Morgan fingerprint density at radius 3 is 2.60 bits per heavy atom. The molecule has 0 spiro atoms. The van der Waals surface area contributed by atoms with Gasteiger partial charge in [-0.3, -0.25) is 9.59 Å². The molecule has 1 heterocycles. The number of rotatable bonds is 15. The molecule has 0 saturated heterocycles. The third kappa shape index (κ3) is 8.38. The van der Waals surface area contributed by atoms with Crippen LogP contribution in [-0.4, -0.2) is 46.8 Å². The summed E-state index contributed by atoms with van der Waals surface area (Å²) in [5.74, 6) is -1.55. The lowest BCUT2D eigenvalue weighted by atomic mass is 10.0. The Morgan fingerprint density at radius 2 is 1.86 bits per heavy atom. The van der Waals surface area contributed by atoms with Gasteiger partial charge in [-0.25, -0.2) is 13.5 Å². The molecule has 0 amide bonds. The molecule has 10 heteroatoms. The second-order valence-corrected chi connectivity index (χ2v) is 11.2. The Balaban J connectivity index is 1.22. The molecule has 8 nitrogen and oxygen atoms in total. The summed E-state index contributed by atoms with van der Waals surface area (Å²) in [4.78, 5) is 25.8. The largest absolute Gasteiger partial charge is 0.494 e. The number of ether oxygens (including phenoxy) is 2. The molecule has 1 aromatic heterocycles. The quantitative estimate of drug-likeness (QED) is 0.128. The lowest BCUT2D eigenvalue weighted by Gasteiger charge is -2.21. The molecule has 1 aliphatic carbocycles. The molecular formula is C32H40F2N4O4. The van der Waals surface area contributed by atoms with Crippen LogP contribution >= 0.6 is 0 Å². The number of carbonyl (C=O) groups excluding carboxylic acids is 2. The van der Waals surface area contributed by atoms with Crippen molar-refractivity contribution >= 4 is 17.6 Å². The summed E-state index contributed by atoms with van der Waals surface area (Å²) in [6.07, 6.45) is 8.95. The van der Waals surface area contributed by atoms with Crippen LogP contribution in [0, 0.1) is 17.6 Å². The zero-order chi connectivity index (χ0) is 30.1. The van der Waals surface area contributed by atoms with E-state index in [1.54, 1.807) is 24.3 Å². The average molecular weight is 583 g/mol. The number of aromatic nitrogens is 2. The van der Waals surface area contributed by atoms with Crippen molar-refractivity contribution in [2.75, 3.05) is 18.9 Å². The van der Waals surface area contributed by atoms with Crippen LogP contribution in [0.4, 0.5) is 14.6 Å². The van der Waals surface area contributed by atoms with Crippen LogP contribution in [0.15, 0.2) is 48.7 Å². The average Bonchev–Trinajstić information content (AvgIpc) is 3.62. The van der Waals surface area contributed by atoms with Gasteiger partial charge in [0.05, 0.1) is 24.1 Å². The fraction of sp³-hybridized carbons (Fsp3) is 0.469. The molecule has 4 rings (SSSR count). The standard InChI is InChI=1S/C32H40F2N4O4/c1-21(2)17-29(32(40)42-24-10-4-5-11-24)36-15-6-3-7-16-41-25-12-8-9-22(18-25)30(39)26-20-37-38(31(26)35)23-13-14-27(33)28(34)19-23/h8-9,12-14,18-21,24,29,36H,3-7,10-11,15-17,35H2,1-2H3/t29-/m0/s1. The first-order valence-corrected chi connectivity index (χ1v) is 14.7. The van der Waals surface area contributed by atoms with E-state index in [-0.39, 0.29) is 41.0 Å². The van der Waals surface area contributed by atoms with Gasteiger partial charge in [-0.1, -0.05) is 26.0 Å². The van der Waals surface area contributed by atoms with Crippen LogP contribution in [0.2, 0.25) is 0 Å². The molecule has 3 aromatic rings. The van der Waals surface area contributed by atoms with E-state index >= 15 is 0 Å². The van der Waals surface area contributed by atoms with Crippen molar-refractivity contribution in [1.82, 2.24) is 15.1 Å². The first kappa shape index (κ1) is 31.2. The second kappa shape index (κ2) is 14.9. The number of esters is 1. The molecule has 42 heavy (non-hydrogen) atoms. The fourth-order valence-corrected chi connectivity index (χ4v) is 5.10. The van der Waals surface area contributed by atoms with Gasteiger partial charge in [0, 0.05) is 11.6 Å². The third-order valence-corrected chi connectivity index (χ3v) is 7.35. The Morgan fingerprint density at radius 1 is 1.07 bits per heavy atom. The number of nitrogens with two attached hydrogens (primary N) is 1. The van der Waals surface area contributed by atoms with Crippen LogP contribution in [0.3, 0.4) is 0 Å². The van der Waals surface area contributed by atoms with E-state index in [0.717, 1.165) is 70.0 Å². The number of anilines is 1. The minimum Gasteiger partial charge on any atom is -0.494 e. The number of hydrogen-bond acceptors (Lipinski definition) is 7. The first-order valence-electron chi connectivity index (χ1n) is 14.7. The van der Waals surface area contributed by atoms with Crippen molar-refractivity contribution in [3.05, 3.63) is 71.4 Å². The number of nitrogen functional groups attached to an aromatic ring is 1. The molecule has 0 radical (unpaired) electrons. The van der Waals surface area contributed by atoms with Gasteiger partial charge >= 0.3 is 5.97 Å². The van der Waals surface area contributed by atoms with E-state index in [1.165, 1.54) is 16.9 Å². The van der Waals surface area contributed by atoms with Crippen molar-refractivity contribution in [3.63, 3.8) is 0 Å². The summed E-state index contributed by atoms with van der Waals surface area (Å²) in [5.41, 5.74) is 6.86. The second-order valence-electron chi connectivity index (χ2n) is 11.2. The lowest BCUT2D eigenvalue weighted by molar-refractivity contribution is -0.151. The topological polar surface area (TPSA) is 108 Å². The highest BCUT2D eigenvalue weighted by molar-refractivity contribution is 6.11. The molecule has 2 aromatic carbocycles. The summed E-state index contributed by atoms with van der Waals surface area (Å²) < 4.78 is 39.8. The van der Waals surface area contributed by atoms with Gasteiger partial charge < -0.3 is 20.5 Å². The number of hydrogen-bond donors (Lipinski definition) is 2. The Hall–Kier alpha value is -3.79. The number of carbonyl (C=O) groups is 2. The number of nitrogens with zero attached hydrogens (tertiary/aromatic N) is 2. The highest BCUT2D eigenvalue weighted by Crippen LogP contribution is 2.24. The zero-order valence-corrected chi connectivity index (χ0v) is 24.3. The van der Waals surface area contributed by atoms with Gasteiger partial charge in [0.25, 0.3) is 0 Å². The maximum atomic E-state index is 13.7. The molecule has 1 fully saturated rings. The predicted molar refractivity (Wildman–Crippen MR) is 157 cm³/mol. The fourth-order valence-electron chi connectivity index (χ4n) is 5.10. The van der Waals surface area contributed by atoms with Crippen LogP contribution in [0.1, 0.15) is 81.1 Å². The number of unbranched alkanes of at least 4 members (excludes halogenated alkanes) is 2. The minimum atomic E-state index is -1.04. The van der Waals surface area contributed by atoms with Crippen LogP contribution in [-0.2, 0) is 9.53 Å². The molecule has 3 N–H and O–H groups in total. The van der Waals surface area contributed by atoms with Gasteiger partial charge in [-0.15, -0.1) is 0 Å². The number of nitrogens with one attached hydrogen (secondary N) is 1. The summed E-state index contributed by atoms with van der Waals surface area (Å²) >= 11 is 0. The van der Waals surface area contributed by atoms with Gasteiger partial charge in [-0.05, 0) is 88.1 Å². The first-order chi connectivity index (χ1) is 20.2. The summed E-state index contributed by atoms with van der Waals surface area (Å²) in [5, 5.41) is 7.47. The third-order valence-electron chi connectivity index (χ3n) is 7.35. The van der Waals surface area contributed by atoms with E-state index in [9.17, 15) is 18.4 Å². The Kier molecular flexibility index (Phi) is 11.1. The molecular weight excluding hydrogens is 542 g/mol. The number of ketones is 1. The molecule has 0 bridgehead atoms. The monoisotopic (exact) mass is 582 g/mol. The zero-order valence-electron chi connectivity index (χ0n) is 24.3. The van der Waals surface area contributed by atoms with Gasteiger partial charge in [0.1, 0.15) is 23.7 Å². The van der Waals surface area contributed by atoms with E-state index in [1.807, 2.05) is 0 Å². The molecule has 1 atom stereocenters. The minimum absolute atomic E-state index is 0.0216. The van der Waals surface area contributed by atoms with E-state index in [0.29, 0.717) is 23.8 Å². The Bertz CT molecular complexity index is 1350. The van der Waals surface area contributed by atoms with Crippen molar-refractivity contribution in [2.45, 2.75) is 77.4 Å². The highest BCUT2D eigenvalue weighted by Gasteiger charge is 2.26. The summed E-state index contributed by atoms with van der Waals surface area (Å²) in [6.45, 7) is 5.42. The Labute approximate surface area is 245 Å². The lowest BCUT2D eigenvalue weighted by Crippen LogP contribution is -2.40. The van der Waals surface area contributed by atoms with Crippen molar-refractivity contribution in [3.8, 4) is 11.4 Å². The van der Waals surface area contributed by atoms with Crippen LogP contribution in [0.5, 0.6) is 5.75 Å². The summed E-state index contributed by atoms with van der Waals surface area (Å²) in [7, 11) is 0. The van der Waals surface area contributed by atoms with Crippen molar-refractivity contribution < 1.29 is 27.8 Å². The molecule has 1 saturated carbocycles. The van der Waals surface area contributed by atoms with Crippen molar-refractivity contribution in [1.29, 1.82) is 0 Å². The van der Waals surface area contributed by atoms with Gasteiger partial charge in [-0.2, -0.15) is 5.10 Å². The SMILES string of the molecule is CC(C)C[C@H](NCCCCCOc1cccc(C(=O)c2cnn(-c3ccc(F)c(F)c3)c2N)c1)C(=O)OC1CCCC1. The van der Waals surface area contributed by atoms with Crippen LogP contribution in [0.25, 0.3) is 5.69 Å². The van der Waals surface area contributed by atoms with E-state index < -0.39 is 11.6 Å². The van der Waals surface area contributed by atoms with E-state index in [2.05, 4.69) is 24.3 Å². The normalized spacial score (nSPS) is 14.3. The maximum absolute atomic E-state index is 13.7. The van der Waals surface area contributed by atoms with Gasteiger partial charge in [0.2, 0.25) is 0 Å². The molecule has 1 aliphatic rings. The highest BCUT2D eigenvalue weighted by atomic mass is 19.2. The van der Waals surface area contributed by atoms with Crippen LogP contribution < -0.4 is 15.8 Å². The molecule has 226 valence electrons. The molecule has 0 unspecified atom stereocenters. The van der Waals surface area contributed by atoms with Gasteiger partial charge in [0.15, 0.2) is 17.4 Å². The summed E-state index contributed by atoms with van der Waals surface area (Å²) in [6, 6.07) is 9.79. The molecule has 0 aliphatic heterocycles. The smallest absolute Gasteiger partial charge is 0.323 e. The predicted octanol–water partition coefficient (Wildman–Crippen LogP) is 6.00. The number of benzene rings is 2. The van der Waals surface area contributed by atoms with E-state index in [4.69, 9.17) is 15.2 Å². The number of halogens is 2.